The fourth-order valence-electron chi connectivity index (χ4n) is 5.75. The third-order valence-corrected chi connectivity index (χ3v) is 8.93. The van der Waals surface area contributed by atoms with E-state index in [0.29, 0.717) is 11.1 Å². The molecular weight excluding hydrogens is 512 g/mol. The van der Waals surface area contributed by atoms with E-state index in [1.165, 1.54) is 16.8 Å². The van der Waals surface area contributed by atoms with Crippen molar-refractivity contribution in [3.05, 3.63) is 89.5 Å². The largest absolute Gasteiger partial charge is 0.497 e. The smallest absolute Gasteiger partial charge is 0.269 e. The van der Waals surface area contributed by atoms with Gasteiger partial charge in [0.25, 0.3) is 17.7 Å². The average Bonchev–Trinajstić information content (AvgIpc) is 3.33. The summed E-state index contributed by atoms with van der Waals surface area (Å²) in [4.78, 5) is 41.4. The van der Waals surface area contributed by atoms with Crippen molar-refractivity contribution in [3.8, 4) is 5.75 Å². The van der Waals surface area contributed by atoms with Crippen LogP contribution in [0.4, 0.5) is 11.4 Å². The molecule has 3 aliphatic rings. The fourth-order valence-corrected chi connectivity index (χ4v) is 6.85. The highest BCUT2D eigenvalue weighted by Crippen LogP contribution is 2.43. The number of carbonyl (C=O) groups excluding carboxylic acids is 3. The summed E-state index contributed by atoms with van der Waals surface area (Å²) in [7, 11) is 1.60. The van der Waals surface area contributed by atoms with Gasteiger partial charge < -0.3 is 10.1 Å². The van der Waals surface area contributed by atoms with Gasteiger partial charge in [-0.25, -0.2) is 5.01 Å². The molecule has 2 aliphatic heterocycles. The topological polar surface area (TPSA) is 91.0 Å². The highest BCUT2D eigenvalue weighted by molar-refractivity contribution is 8.00. The summed E-state index contributed by atoms with van der Waals surface area (Å²) < 4.78 is 5.23. The number of nitrogens with one attached hydrogen (secondary N) is 2. The summed E-state index contributed by atoms with van der Waals surface area (Å²) in [6, 6.07) is 22.2. The van der Waals surface area contributed by atoms with E-state index in [1.54, 1.807) is 19.2 Å². The Balaban J connectivity index is 1.23. The van der Waals surface area contributed by atoms with E-state index in [-0.39, 0.29) is 28.8 Å². The molecule has 0 aromatic heterocycles. The highest BCUT2D eigenvalue weighted by atomic mass is 32.2. The Morgan fingerprint density at radius 1 is 0.974 bits per heavy atom. The molecule has 0 radical (unpaired) electrons. The second kappa shape index (κ2) is 10.3. The van der Waals surface area contributed by atoms with Gasteiger partial charge in [0.1, 0.15) is 16.8 Å². The van der Waals surface area contributed by atoms with E-state index in [2.05, 4.69) is 10.7 Å². The van der Waals surface area contributed by atoms with Gasteiger partial charge in [0.2, 0.25) is 0 Å². The van der Waals surface area contributed by atoms with Crippen LogP contribution in [0, 0.1) is 0 Å². The fraction of sp³-hybridized carbons (Fsp3) is 0.300. The molecule has 1 atom stereocenters. The molecular formula is C30H30N4O4S. The summed E-state index contributed by atoms with van der Waals surface area (Å²) >= 11 is 1.46. The minimum Gasteiger partial charge on any atom is -0.497 e. The molecule has 1 unspecified atom stereocenters. The van der Waals surface area contributed by atoms with Crippen LogP contribution < -0.4 is 20.4 Å². The summed E-state index contributed by atoms with van der Waals surface area (Å²) in [5.74, 6) is 0.435. The van der Waals surface area contributed by atoms with Gasteiger partial charge in [0, 0.05) is 16.9 Å². The standard InChI is InChI=1S/C30H30N4O4S/c1-38-23-15-11-21(12-16-23)29-34(26(35)19-39-29)32-27(36)20-9-13-22(14-10-20)33-28(37)24-7-3-4-8-25(24)31-30(33)17-5-2-6-18-30/h3-4,7-16,29,31H,2,5-6,17-19H2,1H3,(H,32,36). The second-order valence-electron chi connectivity index (χ2n) is 10.1. The Kier molecular flexibility index (Phi) is 6.68. The van der Waals surface area contributed by atoms with E-state index in [4.69, 9.17) is 4.74 Å². The van der Waals surface area contributed by atoms with Gasteiger partial charge in [-0.1, -0.05) is 30.7 Å². The maximum absolute atomic E-state index is 13.7. The summed E-state index contributed by atoms with van der Waals surface area (Å²) in [6.07, 6.45) is 4.94. The van der Waals surface area contributed by atoms with Crippen LogP contribution in [0.2, 0.25) is 0 Å². The lowest BCUT2D eigenvalue weighted by atomic mass is 9.84. The van der Waals surface area contributed by atoms with Crippen LogP contribution in [0.3, 0.4) is 0 Å². The number of hydrazine groups is 1. The van der Waals surface area contributed by atoms with E-state index >= 15 is 0 Å². The molecule has 39 heavy (non-hydrogen) atoms. The number of hydrogen-bond donors (Lipinski definition) is 2. The molecule has 8 nitrogen and oxygen atoms in total. The van der Waals surface area contributed by atoms with Crippen LogP contribution in [0.5, 0.6) is 5.75 Å². The van der Waals surface area contributed by atoms with Gasteiger partial charge in [-0.2, -0.15) is 0 Å². The SMILES string of the molecule is COc1ccc(C2SCC(=O)N2NC(=O)c2ccc(N3C(=O)c4ccccc4NC34CCCCC4)cc2)cc1. The molecule has 2 heterocycles. The van der Waals surface area contributed by atoms with E-state index in [9.17, 15) is 14.4 Å². The number of rotatable bonds is 5. The number of methoxy groups -OCH3 is 1. The molecule has 3 aromatic carbocycles. The van der Waals surface area contributed by atoms with Crippen LogP contribution in [-0.2, 0) is 4.79 Å². The Morgan fingerprint density at radius 2 is 1.69 bits per heavy atom. The van der Waals surface area contributed by atoms with Crippen LogP contribution >= 0.6 is 11.8 Å². The van der Waals surface area contributed by atoms with Crippen molar-refractivity contribution in [2.75, 3.05) is 23.1 Å². The van der Waals surface area contributed by atoms with Gasteiger partial charge in [-0.3, -0.25) is 24.7 Å². The van der Waals surface area contributed by atoms with Gasteiger partial charge in [0.15, 0.2) is 0 Å². The molecule has 1 spiro atoms. The number of para-hydroxylation sites is 1. The Labute approximate surface area is 231 Å². The molecule has 200 valence electrons. The van der Waals surface area contributed by atoms with Crippen molar-refractivity contribution in [2.24, 2.45) is 0 Å². The predicted octanol–water partition coefficient (Wildman–Crippen LogP) is 5.35. The summed E-state index contributed by atoms with van der Waals surface area (Å²) in [6.45, 7) is 0. The summed E-state index contributed by atoms with van der Waals surface area (Å²) in [5, 5.41) is 4.75. The maximum Gasteiger partial charge on any atom is 0.269 e. The zero-order valence-corrected chi connectivity index (χ0v) is 22.5. The molecule has 0 bridgehead atoms. The van der Waals surface area contributed by atoms with Crippen LogP contribution in [0.25, 0.3) is 0 Å². The highest BCUT2D eigenvalue weighted by Gasteiger charge is 2.46. The van der Waals surface area contributed by atoms with Crippen molar-refractivity contribution in [2.45, 2.75) is 43.1 Å². The number of hydrogen-bond acceptors (Lipinski definition) is 6. The lowest BCUT2D eigenvalue weighted by molar-refractivity contribution is -0.130. The number of ether oxygens (including phenoxy) is 1. The number of fused-ring (bicyclic) bond motifs is 1. The van der Waals surface area contributed by atoms with Gasteiger partial charge >= 0.3 is 0 Å². The Bertz CT molecular complexity index is 1400. The molecule has 6 rings (SSSR count). The zero-order valence-electron chi connectivity index (χ0n) is 21.7. The molecule has 3 amide bonds. The van der Waals surface area contributed by atoms with Crippen LogP contribution in [0.15, 0.2) is 72.8 Å². The number of thioether (sulfide) groups is 1. The second-order valence-corrected chi connectivity index (χ2v) is 11.2. The van der Waals surface area contributed by atoms with Crippen LogP contribution in [-0.4, -0.2) is 41.3 Å². The molecule has 2 fully saturated rings. The first-order valence-corrected chi connectivity index (χ1v) is 14.2. The lowest BCUT2D eigenvalue weighted by Crippen LogP contribution is -2.61. The van der Waals surface area contributed by atoms with Crippen molar-refractivity contribution in [1.29, 1.82) is 0 Å². The quantitative estimate of drug-likeness (QED) is 0.452. The first kappa shape index (κ1) is 25.3. The minimum absolute atomic E-state index is 0.0366. The molecule has 1 aliphatic carbocycles. The zero-order chi connectivity index (χ0) is 27.0. The number of nitrogens with zero attached hydrogens (tertiary/aromatic N) is 2. The first-order chi connectivity index (χ1) is 19.0. The predicted molar refractivity (Wildman–Crippen MR) is 152 cm³/mol. The van der Waals surface area contributed by atoms with E-state index < -0.39 is 5.66 Å². The minimum atomic E-state index is -0.488. The Hall–Kier alpha value is -3.98. The number of amides is 3. The van der Waals surface area contributed by atoms with Gasteiger partial charge in [-0.05, 0) is 79.8 Å². The molecule has 1 saturated heterocycles. The number of carbonyl (C=O) groups is 3. The van der Waals surface area contributed by atoms with Gasteiger partial charge in [0.05, 0.1) is 18.4 Å². The third kappa shape index (κ3) is 4.61. The molecule has 2 N–H and O–H groups in total. The molecule has 9 heteroatoms. The van der Waals surface area contributed by atoms with E-state index in [1.807, 2.05) is 65.6 Å². The van der Waals surface area contributed by atoms with Crippen molar-refractivity contribution in [3.63, 3.8) is 0 Å². The third-order valence-electron chi connectivity index (χ3n) is 7.72. The van der Waals surface area contributed by atoms with Crippen molar-refractivity contribution < 1.29 is 19.1 Å². The lowest BCUT2D eigenvalue weighted by Gasteiger charge is -2.50. The van der Waals surface area contributed by atoms with Crippen LogP contribution in [0.1, 0.15) is 63.8 Å². The number of anilines is 2. The normalized spacial score (nSPS) is 20.0. The monoisotopic (exact) mass is 542 g/mol. The molecule has 3 aromatic rings. The Morgan fingerprint density at radius 3 is 2.41 bits per heavy atom. The van der Waals surface area contributed by atoms with Crippen molar-refractivity contribution in [1.82, 2.24) is 10.4 Å². The maximum atomic E-state index is 13.7. The summed E-state index contributed by atoms with van der Waals surface area (Å²) in [5.41, 5.74) is 5.88. The van der Waals surface area contributed by atoms with Gasteiger partial charge in [-0.15, -0.1) is 11.8 Å². The molecule has 1 saturated carbocycles. The van der Waals surface area contributed by atoms with Crippen molar-refractivity contribution >= 4 is 40.9 Å². The first-order valence-electron chi connectivity index (χ1n) is 13.2. The number of benzene rings is 3. The van der Waals surface area contributed by atoms with E-state index in [0.717, 1.165) is 54.8 Å². The average molecular weight is 543 g/mol.